The molecule has 0 atom stereocenters. The minimum Gasteiger partial charge on any atom is -0.507 e. The number of benzene rings is 1. The minimum atomic E-state index is -0.548. The molecule has 1 aromatic carbocycles. The van der Waals surface area contributed by atoms with Crippen LogP contribution in [0, 0.1) is 0 Å². The van der Waals surface area contributed by atoms with Crippen LogP contribution in [0.2, 0.25) is 0 Å². The van der Waals surface area contributed by atoms with Crippen LogP contribution in [0.5, 0.6) is 11.5 Å². The summed E-state index contributed by atoms with van der Waals surface area (Å²) in [4.78, 5) is 11.3. The van der Waals surface area contributed by atoms with E-state index in [0.29, 0.717) is 17.7 Å². The monoisotopic (exact) mass is 206 g/mol. The molecule has 0 unspecified atom stereocenters. The molecule has 0 aliphatic rings. The van der Waals surface area contributed by atoms with Gasteiger partial charge >= 0.3 is 5.63 Å². The van der Waals surface area contributed by atoms with Crippen molar-refractivity contribution < 1.29 is 14.3 Å². The molecule has 0 radical (unpaired) electrons. The number of hydrogen-bond donors (Lipinski definition) is 1. The lowest BCUT2D eigenvalue weighted by Gasteiger charge is -2.05. The van der Waals surface area contributed by atoms with Crippen molar-refractivity contribution >= 4 is 10.8 Å². The normalized spacial score (nSPS) is 10.5. The quantitative estimate of drug-likeness (QED) is 0.815. The number of phenols is 1. The van der Waals surface area contributed by atoms with Crippen LogP contribution < -0.4 is 10.4 Å². The van der Waals surface area contributed by atoms with E-state index < -0.39 is 5.63 Å². The fraction of sp³-hybridized carbons (Fsp3) is 0.182. The fourth-order valence-electron chi connectivity index (χ4n) is 1.45. The zero-order valence-corrected chi connectivity index (χ0v) is 8.19. The molecule has 4 heteroatoms. The number of rotatable bonds is 2. The Kier molecular flexibility index (Phi) is 2.33. The molecular weight excluding hydrogens is 196 g/mol. The summed E-state index contributed by atoms with van der Waals surface area (Å²) in [6.45, 7) is 2.35. The molecule has 0 aliphatic carbocycles. The van der Waals surface area contributed by atoms with Crippen LogP contribution in [-0.2, 0) is 0 Å². The molecule has 1 N–H and O–H groups in total. The van der Waals surface area contributed by atoms with E-state index in [2.05, 4.69) is 4.42 Å². The Balaban J connectivity index is 2.73. The van der Waals surface area contributed by atoms with Gasteiger partial charge in [-0.2, -0.15) is 0 Å². The molecular formula is C11H10O4. The van der Waals surface area contributed by atoms with Crippen LogP contribution in [0.15, 0.2) is 33.7 Å². The lowest BCUT2D eigenvalue weighted by molar-refractivity contribution is 0.338. The van der Waals surface area contributed by atoms with Crippen molar-refractivity contribution in [3.8, 4) is 11.5 Å². The Morgan fingerprint density at radius 3 is 3.00 bits per heavy atom. The number of ether oxygens (including phenoxy) is 1. The molecule has 1 heterocycles. The van der Waals surface area contributed by atoms with E-state index in [4.69, 9.17) is 4.74 Å². The van der Waals surface area contributed by atoms with E-state index in [0.717, 1.165) is 0 Å². The first-order valence-electron chi connectivity index (χ1n) is 4.59. The highest BCUT2D eigenvalue weighted by Gasteiger charge is 2.07. The summed E-state index contributed by atoms with van der Waals surface area (Å²) < 4.78 is 9.91. The van der Waals surface area contributed by atoms with E-state index in [-0.39, 0.29) is 11.1 Å². The summed E-state index contributed by atoms with van der Waals surface area (Å²) >= 11 is 0. The van der Waals surface area contributed by atoms with Crippen LogP contribution >= 0.6 is 0 Å². The highest BCUT2D eigenvalue weighted by molar-refractivity contribution is 5.88. The molecule has 0 saturated heterocycles. The first kappa shape index (κ1) is 9.58. The summed E-state index contributed by atoms with van der Waals surface area (Å²) in [5.41, 5.74) is -0.548. The van der Waals surface area contributed by atoms with E-state index in [9.17, 15) is 9.90 Å². The third-order valence-corrected chi connectivity index (χ3v) is 2.06. The number of phenolic OH excluding ortho intramolecular Hbond substituents is 1. The van der Waals surface area contributed by atoms with Gasteiger partial charge in [-0.1, -0.05) is 0 Å². The topological polar surface area (TPSA) is 59.7 Å². The molecule has 2 rings (SSSR count). The first-order chi connectivity index (χ1) is 7.22. The Morgan fingerprint density at radius 2 is 2.27 bits per heavy atom. The van der Waals surface area contributed by atoms with Crippen LogP contribution in [0.3, 0.4) is 0 Å². The van der Waals surface area contributed by atoms with Crippen LogP contribution in [-0.4, -0.2) is 11.7 Å². The van der Waals surface area contributed by atoms with E-state index in [1.54, 1.807) is 12.1 Å². The van der Waals surface area contributed by atoms with Gasteiger partial charge in [0.05, 0.1) is 12.9 Å². The van der Waals surface area contributed by atoms with Crippen molar-refractivity contribution in [2.45, 2.75) is 6.92 Å². The predicted octanol–water partition coefficient (Wildman–Crippen LogP) is 1.90. The van der Waals surface area contributed by atoms with Gasteiger partial charge in [0.15, 0.2) is 0 Å². The molecule has 4 nitrogen and oxygen atoms in total. The standard InChI is InChI=1S/C11H10O4/c1-2-14-8-5-7-3-4-15-11(13)10(7)9(12)6-8/h3-6,12H,2H2,1H3. The maximum absolute atomic E-state index is 11.3. The molecule has 78 valence electrons. The van der Waals surface area contributed by atoms with Crippen molar-refractivity contribution in [2.75, 3.05) is 6.61 Å². The first-order valence-corrected chi connectivity index (χ1v) is 4.59. The average Bonchev–Trinajstić information content (AvgIpc) is 2.17. The molecule has 0 amide bonds. The predicted molar refractivity (Wildman–Crippen MR) is 55.3 cm³/mol. The third-order valence-electron chi connectivity index (χ3n) is 2.06. The van der Waals surface area contributed by atoms with Gasteiger partial charge in [0.25, 0.3) is 0 Å². The second-order valence-corrected chi connectivity index (χ2v) is 3.05. The smallest absolute Gasteiger partial charge is 0.347 e. The van der Waals surface area contributed by atoms with Crippen LogP contribution in [0.25, 0.3) is 10.8 Å². The van der Waals surface area contributed by atoms with Gasteiger partial charge in [0, 0.05) is 6.07 Å². The van der Waals surface area contributed by atoms with E-state index in [1.807, 2.05) is 6.92 Å². The zero-order chi connectivity index (χ0) is 10.8. The molecule has 15 heavy (non-hydrogen) atoms. The lowest BCUT2D eigenvalue weighted by atomic mass is 10.1. The Morgan fingerprint density at radius 1 is 1.47 bits per heavy atom. The average molecular weight is 206 g/mol. The molecule has 0 aliphatic heterocycles. The van der Waals surface area contributed by atoms with E-state index in [1.165, 1.54) is 12.3 Å². The molecule has 0 saturated carbocycles. The van der Waals surface area contributed by atoms with Gasteiger partial charge in [-0.25, -0.2) is 4.79 Å². The molecule has 1 aromatic heterocycles. The van der Waals surface area contributed by atoms with Crippen molar-refractivity contribution in [3.63, 3.8) is 0 Å². The van der Waals surface area contributed by atoms with Gasteiger partial charge < -0.3 is 14.3 Å². The molecule has 0 fully saturated rings. The fourth-order valence-corrected chi connectivity index (χ4v) is 1.45. The maximum atomic E-state index is 11.3. The highest BCUT2D eigenvalue weighted by atomic mass is 16.5. The second kappa shape index (κ2) is 3.65. The zero-order valence-electron chi connectivity index (χ0n) is 8.19. The minimum absolute atomic E-state index is 0.120. The Bertz CT molecular complexity index is 542. The lowest BCUT2D eigenvalue weighted by Crippen LogP contribution is -1.99. The Labute approximate surface area is 85.7 Å². The van der Waals surface area contributed by atoms with Gasteiger partial charge in [0.2, 0.25) is 0 Å². The number of aromatic hydroxyl groups is 1. The van der Waals surface area contributed by atoms with Crippen LogP contribution in [0.4, 0.5) is 0 Å². The van der Waals surface area contributed by atoms with Crippen molar-refractivity contribution in [1.82, 2.24) is 0 Å². The molecule has 0 bridgehead atoms. The van der Waals surface area contributed by atoms with Crippen LogP contribution in [0.1, 0.15) is 6.92 Å². The maximum Gasteiger partial charge on any atom is 0.347 e. The van der Waals surface area contributed by atoms with Gasteiger partial charge in [-0.05, 0) is 24.4 Å². The number of fused-ring (bicyclic) bond motifs is 1. The van der Waals surface area contributed by atoms with Gasteiger partial charge in [0.1, 0.15) is 16.9 Å². The summed E-state index contributed by atoms with van der Waals surface area (Å²) in [5.74, 6) is 0.415. The van der Waals surface area contributed by atoms with Crippen molar-refractivity contribution in [3.05, 3.63) is 34.9 Å². The third kappa shape index (κ3) is 1.66. The largest absolute Gasteiger partial charge is 0.507 e. The summed E-state index contributed by atoms with van der Waals surface area (Å²) in [6.07, 6.45) is 1.29. The summed E-state index contributed by atoms with van der Waals surface area (Å²) in [7, 11) is 0. The van der Waals surface area contributed by atoms with E-state index >= 15 is 0 Å². The second-order valence-electron chi connectivity index (χ2n) is 3.05. The summed E-state index contributed by atoms with van der Waals surface area (Å²) in [6, 6.07) is 4.71. The van der Waals surface area contributed by atoms with Gasteiger partial charge in [-0.3, -0.25) is 0 Å². The SMILES string of the molecule is CCOc1cc(O)c2c(=O)occc2c1. The van der Waals surface area contributed by atoms with Crippen molar-refractivity contribution in [1.29, 1.82) is 0 Å². The molecule has 0 spiro atoms. The van der Waals surface area contributed by atoms with Crippen molar-refractivity contribution in [2.24, 2.45) is 0 Å². The number of hydrogen-bond acceptors (Lipinski definition) is 4. The molecule has 2 aromatic rings. The Hall–Kier alpha value is -1.97. The van der Waals surface area contributed by atoms with Gasteiger partial charge in [-0.15, -0.1) is 0 Å². The highest BCUT2D eigenvalue weighted by Crippen LogP contribution is 2.27. The summed E-state index contributed by atoms with van der Waals surface area (Å²) in [5, 5.41) is 10.4.